The second-order valence-electron chi connectivity index (χ2n) is 8.41. The van der Waals surface area contributed by atoms with Gasteiger partial charge >= 0.3 is 0 Å². The number of amides is 1. The number of rotatable bonds is 4. The highest BCUT2D eigenvalue weighted by Gasteiger charge is 2.25. The monoisotopic (exact) mass is 416 g/mol. The lowest BCUT2D eigenvalue weighted by Gasteiger charge is -2.28. The molecule has 3 rings (SSSR count). The molecule has 0 aromatic heterocycles. The van der Waals surface area contributed by atoms with E-state index in [2.05, 4.69) is 26.1 Å². The number of methoxy groups -OCH3 is 1. The van der Waals surface area contributed by atoms with Crippen LogP contribution in [0.4, 0.5) is 5.69 Å². The van der Waals surface area contributed by atoms with E-state index in [4.69, 9.17) is 4.74 Å². The molecule has 1 N–H and O–H groups in total. The van der Waals surface area contributed by atoms with Crippen molar-refractivity contribution >= 4 is 21.6 Å². The highest BCUT2D eigenvalue weighted by Crippen LogP contribution is 2.31. The first kappa shape index (κ1) is 21.3. The Morgan fingerprint density at radius 1 is 1.17 bits per heavy atom. The van der Waals surface area contributed by atoms with E-state index in [0.717, 1.165) is 16.7 Å². The summed E-state index contributed by atoms with van der Waals surface area (Å²) in [6.07, 6.45) is 1.77. The molecule has 2 aromatic rings. The summed E-state index contributed by atoms with van der Waals surface area (Å²) in [6, 6.07) is 11.2. The van der Waals surface area contributed by atoms with E-state index in [0.29, 0.717) is 36.5 Å². The minimum absolute atomic E-state index is 0.0493. The quantitative estimate of drug-likeness (QED) is 0.827. The fourth-order valence-corrected chi connectivity index (χ4v) is 4.32. The van der Waals surface area contributed by atoms with E-state index in [9.17, 15) is 13.2 Å². The number of anilines is 1. The largest absolute Gasteiger partial charge is 0.496 e. The van der Waals surface area contributed by atoms with E-state index in [-0.39, 0.29) is 11.3 Å². The van der Waals surface area contributed by atoms with E-state index in [1.165, 1.54) is 10.6 Å². The maximum atomic E-state index is 13.0. The Morgan fingerprint density at radius 3 is 2.52 bits per heavy atom. The topological polar surface area (TPSA) is 75.7 Å². The molecule has 0 saturated carbocycles. The lowest BCUT2D eigenvalue weighted by Crippen LogP contribution is -2.35. The zero-order valence-electron chi connectivity index (χ0n) is 17.6. The maximum Gasteiger partial charge on any atom is 0.259 e. The molecular formula is C22H28N2O4S. The van der Waals surface area contributed by atoms with Gasteiger partial charge in [0.2, 0.25) is 10.0 Å². The van der Waals surface area contributed by atoms with Crippen molar-refractivity contribution in [1.29, 1.82) is 0 Å². The van der Waals surface area contributed by atoms with Crippen LogP contribution in [0.25, 0.3) is 0 Å². The number of sulfonamides is 1. The number of carbonyl (C=O) groups excluding carboxylic acids is 1. The van der Waals surface area contributed by atoms with E-state index >= 15 is 0 Å². The van der Waals surface area contributed by atoms with Gasteiger partial charge in [-0.05, 0) is 46.7 Å². The van der Waals surface area contributed by atoms with Crippen LogP contribution in [0.15, 0.2) is 36.4 Å². The first-order chi connectivity index (χ1) is 13.5. The number of hydrogen-bond acceptors (Lipinski definition) is 4. The predicted octanol–water partition coefficient (Wildman–Crippen LogP) is 3.56. The van der Waals surface area contributed by atoms with Crippen LogP contribution < -0.4 is 10.1 Å². The number of nitrogens with zero attached hydrogens (tertiary/aromatic N) is 1. The van der Waals surface area contributed by atoms with E-state index < -0.39 is 10.0 Å². The van der Waals surface area contributed by atoms with Gasteiger partial charge in [0.25, 0.3) is 5.91 Å². The van der Waals surface area contributed by atoms with Gasteiger partial charge in [0, 0.05) is 18.8 Å². The van der Waals surface area contributed by atoms with Crippen LogP contribution >= 0.6 is 0 Å². The van der Waals surface area contributed by atoms with Crippen LogP contribution in [0, 0.1) is 0 Å². The molecule has 1 amide bonds. The molecule has 0 unspecified atom stereocenters. The molecule has 7 heteroatoms. The first-order valence-corrected chi connectivity index (χ1v) is 11.4. The summed E-state index contributed by atoms with van der Waals surface area (Å²) in [7, 11) is -1.69. The second kappa shape index (κ2) is 7.80. The number of nitrogens with one attached hydrogen (secondary N) is 1. The predicted molar refractivity (Wildman–Crippen MR) is 115 cm³/mol. The third kappa shape index (κ3) is 4.62. The Kier molecular flexibility index (Phi) is 5.74. The smallest absolute Gasteiger partial charge is 0.259 e. The summed E-state index contributed by atoms with van der Waals surface area (Å²) in [4.78, 5) is 13.0. The average Bonchev–Trinajstić information content (AvgIpc) is 2.65. The molecule has 1 aliphatic heterocycles. The van der Waals surface area contributed by atoms with Crippen LogP contribution in [0.2, 0.25) is 0 Å². The normalized spacial score (nSPS) is 14.9. The van der Waals surface area contributed by atoms with Gasteiger partial charge in [-0.3, -0.25) is 4.79 Å². The lowest BCUT2D eigenvalue weighted by molar-refractivity contribution is 0.102. The highest BCUT2D eigenvalue weighted by atomic mass is 32.2. The highest BCUT2D eigenvalue weighted by molar-refractivity contribution is 7.88. The zero-order chi connectivity index (χ0) is 21.4. The lowest BCUT2D eigenvalue weighted by atomic mass is 9.86. The molecule has 1 heterocycles. The molecule has 0 saturated heterocycles. The van der Waals surface area contributed by atoms with Crippen molar-refractivity contribution < 1.29 is 17.9 Å². The van der Waals surface area contributed by atoms with Gasteiger partial charge in [-0.2, -0.15) is 4.31 Å². The van der Waals surface area contributed by atoms with Crippen molar-refractivity contribution in [3.05, 3.63) is 58.7 Å². The number of fused-ring (bicyclic) bond motifs is 1. The third-order valence-electron chi connectivity index (χ3n) is 5.26. The fourth-order valence-electron chi connectivity index (χ4n) is 3.52. The van der Waals surface area contributed by atoms with E-state index in [1.807, 2.05) is 30.3 Å². The SMILES string of the molecule is COc1cc(C(C)(C)C)ccc1C(=O)Nc1cccc2c1CCN(S(C)(=O)=O)C2. The maximum absolute atomic E-state index is 13.0. The number of ether oxygens (including phenoxy) is 1. The average molecular weight is 417 g/mol. The Labute approximate surface area is 172 Å². The van der Waals surface area contributed by atoms with E-state index in [1.54, 1.807) is 13.2 Å². The van der Waals surface area contributed by atoms with Crippen molar-refractivity contribution in [2.45, 2.75) is 39.2 Å². The van der Waals surface area contributed by atoms with Crippen molar-refractivity contribution in [3.8, 4) is 5.75 Å². The van der Waals surface area contributed by atoms with Gasteiger partial charge < -0.3 is 10.1 Å². The molecule has 29 heavy (non-hydrogen) atoms. The molecule has 2 aromatic carbocycles. The molecular weight excluding hydrogens is 388 g/mol. The van der Waals surface area contributed by atoms with Crippen LogP contribution in [-0.2, 0) is 28.4 Å². The number of benzene rings is 2. The van der Waals surface area contributed by atoms with Gasteiger partial charge in [0.15, 0.2) is 0 Å². The Hall–Kier alpha value is -2.38. The second-order valence-corrected chi connectivity index (χ2v) is 10.4. The molecule has 0 spiro atoms. The molecule has 156 valence electrons. The van der Waals surface area contributed by atoms with Gasteiger partial charge in [-0.25, -0.2) is 8.42 Å². The molecule has 0 aliphatic carbocycles. The summed E-state index contributed by atoms with van der Waals surface area (Å²) in [5, 5.41) is 2.99. The van der Waals surface area contributed by atoms with Crippen LogP contribution in [0.5, 0.6) is 5.75 Å². The van der Waals surface area contributed by atoms with Crippen molar-refractivity contribution in [2.75, 3.05) is 25.2 Å². The number of hydrogen-bond donors (Lipinski definition) is 1. The number of carbonyl (C=O) groups is 1. The standard InChI is InChI=1S/C22H28N2O4S/c1-22(2,3)16-9-10-18(20(13-16)28-4)21(25)23-19-8-6-7-15-14-24(29(5,26)27)12-11-17(15)19/h6-10,13H,11-12,14H2,1-5H3,(H,23,25). The molecule has 0 bridgehead atoms. The van der Waals surface area contributed by atoms with Gasteiger partial charge in [-0.15, -0.1) is 0 Å². The van der Waals surface area contributed by atoms with Crippen LogP contribution in [0.3, 0.4) is 0 Å². The Balaban J connectivity index is 1.88. The van der Waals surface area contributed by atoms with Crippen molar-refractivity contribution in [2.24, 2.45) is 0 Å². The zero-order valence-corrected chi connectivity index (χ0v) is 18.4. The minimum Gasteiger partial charge on any atom is -0.496 e. The van der Waals surface area contributed by atoms with Crippen molar-refractivity contribution in [3.63, 3.8) is 0 Å². The van der Waals surface area contributed by atoms with Gasteiger partial charge in [-0.1, -0.05) is 39.0 Å². The molecule has 0 radical (unpaired) electrons. The third-order valence-corrected chi connectivity index (χ3v) is 6.51. The van der Waals surface area contributed by atoms with Crippen LogP contribution in [0.1, 0.15) is 47.8 Å². The Morgan fingerprint density at radius 2 is 1.90 bits per heavy atom. The Bertz CT molecular complexity index is 1040. The van der Waals surface area contributed by atoms with Gasteiger partial charge in [0.05, 0.1) is 18.9 Å². The molecule has 1 aliphatic rings. The minimum atomic E-state index is -3.24. The van der Waals surface area contributed by atoms with Gasteiger partial charge in [0.1, 0.15) is 5.75 Å². The summed E-state index contributed by atoms with van der Waals surface area (Å²) >= 11 is 0. The first-order valence-electron chi connectivity index (χ1n) is 9.56. The van der Waals surface area contributed by atoms with Crippen molar-refractivity contribution in [1.82, 2.24) is 4.31 Å². The molecule has 6 nitrogen and oxygen atoms in total. The summed E-state index contributed by atoms with van der Waals surface area (Å²) in [5.74, 6) is 0.282. The summed E-state index contributed by atoms with van der Waals surface area (Å²) in [5.41, 5.74) is 4.10. The molecule has 0 fully saturated rings. The molecule has 0 atom stereocenters. The fraction of sp³-hybridized carbons (Fsp3) is 0.409. The summed E-state index contributed by atoms with van der Waals surface area (Å²) in [6.45, 7) is 7.05. The summed E-state index contributed by atoms with van der Waals surface area (Å²) < 4.78 is 30.6. The van der Waals surface area contributed by atoms with Crippen LogP contribution in [-0.4, -0.2) is 38.5 Å².